The summed E-state index contributed by atoms with van der Waals surface area (Å²) in [5.41, 5.74) is 4.78. The second-order valence-corrected chi connectivity index (χ2v) is 2.80. The number of nitrogens with two attached hydrogens (primary N) is 2. The molecular weight excluding hydrogens is 142 g/mol. The van der Waals surface area contributed by atoms with Gasteiger partial charge in [0.25, 0.3) is 0 Å². The van der Waals surface area contributed by atoms with E-state index in [1.54, 1.807) is 0 Å². The van der Waals surface area contributed by atoms with Gasteiger partial charge in [0.05, 0.1) is 0 Å². The predicted molar refractivity (Wildman–Crippen MR) is 34.2 cm³/mol. The first-order valence-corrected chi connectivity index (χ1v) is 3.57. The minimum Gasteiger partial charge on any atom is -0.384 e. The van der Waals surface area contributed by atoms with Gasteiger partial charge in [0.1, 0.15) is 5.84 Å². The maximum Gasteiger partial charge on any atom is 0.231 e. The van der Waals surface area contributed by atoms with Crippen LogP contribution in [0.25, 0.3) is 0 Å². The zero-order valence-electron chi connectivity index (χ0n) is 4.53. The molecule has 0 aromatic rings. The van der Waals surface area contributed by atoms with Crippen LogP contribution in [0.3, 0.4) is 0 Å². The summed E-state index contributed by atoms with van der Waals surface area (Å²) >= 11 is 0. The quantitative estimate of drug-likeness (QED) is 0.336. The zero-order chi connectivity index (χ0) is 7.49. The topological polar surface area (TPSA) is 110 Å². The van der Waals surface area contributed by atoms with E-state index in [4.69, 9.17) is 11.1 Å². The molecule has 5 N–H and O–H groups in total. The average Bonchev–Trinajstić information content (AvgIpc) is 1.59. The Kier molecular flexibility index (Phi) is 2.35. The van der Waals surface area contributed by atoms with Gasteiger partial charge in [-0.3, -0.25) is 5.41 Å². The second kappa shape index (κ2) is 2.60. The van der Waals surface area contributed by atoms with Gasteiger partial charge in [0, 0.05) is 5.41 Å². The van der Waals surface area contributed by atoms with Crippen molar-refractivity contribution in [3.05, 3.63) is 11.5 Å². The summed E-state index contributed by atoms with van der Waals surface area (Å²) in [5, 5.41) is 11.7. The summed E-state index contributed by atoms with van der Waals surface area (Å²) in [6, 6.07) is 0. The van der Waals surface area contributed by atoms with Crippen molar-refractivity contribution in [1.82, 2.24) is 0 Å². The highest BCUT2D eigenvalue weighted by Gasteiger charge is 1.91. The number of hydrogen-bond acceptors (Lipinski definition) is 3. The molecule has 0 spiro atoms. The van der Waals surface area contributed by atoms with Crippen LogP contribution in [0, 0.1) is 5.41 Å². The van der Waals surface area contributed by atoms with E-state index in [1.807, 2.05) is 0 Å². The number of primary sulfonamides is 1. The van der Waals surface area contributed by atoms with Crippen LogP contribution in [-0.2, 0) is 10.0 Å². The molecule has 0 radical (unpaired) electrons. The van der Waals surface area contributed by atoms with Crippen LogP contribution in [0.2, 0.25) is 0 Å². The summed E-state index contributed by atoms with van der Waals surface area (Å²) in [6.07, 6.45) is 0.898. The van der Waals surface area contributed by atoms with Gasteiger partial charge in [-0.25, -0.2) is 13.6 Å². The van der Waals surface area contributed by atoms with Gasteiger partial charge in [-0.05, 0) is 6.08 Å². The molecule has 0 aliphatic heterocycles. The molecule has 6 heteroatoms. The number of nitrogens with one attached hydrogen (secondary N) is 1. The highest BCUT2D eigenvalue weighted by molar-refractivity contribution is 7.92. The van der Waals surface area contributed by atoms with Crippen molar-refractivity contribution in [1.29, 1.82) is 5.41 Å². The molecule has 0 rings (SSSR count). The van der Waals surface area contributed by atoms with Gasteiger partial charge in [-0.1, -0.05) is 0 Å². The predicted octanol–water partition coefficient (Wildman–Crippen LogP) is -1.28. The standard InChI is InChI=1S/C3H7N3O2S/c4-3(5)1-2-9(6,7)8/h1-2H,(H3,4,5)(H2,6,7,8). The Morgan fingerprint density at radius 1 is 1.56 bits per heavy atom. The molecule has 0 bridgehead atoms. The molecule has 0 aliphatic carbocycles. The molecular formula is C3H7N3O2S. The molecule has 0 saturated carbocycles. The van der Waals surface area contributed by atoms with E-state index in [-0.39, 0.29) is 5.84 Å². The van der Waals surface area contributed by atoms with E-state index in [2.05, 4.69) is 5.14 Å². The summed E-state index contributed by atoms with van der Waals surface area (Å²) < 4.78 is 20.1. The molecule has 9 heavy (non-hydrogen) atoms. The normalized spacial score (nSPS) is 12.1. The molecule has 0 heterocycles. The van der Waals surface area contributed by atoms with Crippen molar-refractivity contribution in [2.45, 2.75) is 0 Å². The highest BCUT2D eigenvalue weighted by atomic mass is 32.2. The minimum absolute atomic E-state index is 0.343. The number of rotatable bonds is 2. The van der Waals surface area contributed by atoms with Crippen LogP contribution >= 0.6 is 0 Å². The van der Waals surface area contributed by atoms with Crippen LogP contribution < -0.4 is 10.9 Å². The van der Waals surface area contributed by atoms with E-state index < -0.39 is 10.0 Å². The Morgan fingerprint density at radius 3 is 2.11 bits per heavy atom. The molecule has 0 amide bonds. The first kappa shape index (κ1) is 8.12. The summed E-state index contributed by atoms with van der Waals surface area (Å²) in [5.74, 6) is -0.343. The highest BCUT2D eigenvalue weighted by Crippen LogP contribution is 1.78. The summed E-state index contributed by atoms with van der Waals surface area (Å²) in [4.78, 5) is 0. The molecule has 0 aliphatic rings. The smallest absolute Gasteiger partial charge is 0.231 e. The fourth-order valence-corrected chi connectivity index (χ4v) is 0.504. The molecule has 0 unspecified atom stereocenters. The monoisotopic (exact) mass is 149 g/mol. The van der Waals surface area contributed by atoms with Crippen molar-refractivity contribution in [2.75, 3.05) is 0 Å². The van der Waals surface area contributed by atoms with Crippen LogP contribution in [0.1, 0.15) is 0 Å². The van der Waals surface area contributed by atoms with Crippen LogP contribution in [0.4, 0.5) is 0 Å². The second-order valence-electron chi connectivity index (χ2n) is 1.35. The largest absolute Gasteiger partial charge is 0.384 e. The van der Waals surface area contributed by atoms with E-state index in [9.17, 15) is 8.42 Å². The summed E-state index contributed by atoms with van der Waals surface area (Å²) in [6.45, 7) is 0. The number of sulfonamides is 1. The van der Waals surface area contributed by atoms with Crippen LogP contribution in [0.15, 0.2) is 11.5 Å². The molecule has 0 aromatic carbocycles. The third kappa shape index (κ3) is 7.12. The van der Waals surface area contributed by atoms with E-state index >= 15 is 0 Å². The molecule has 5 nitrogen and oxygen atoms in total. The lowest BCUT2D eigenvalue weighted by molar-refractivity contribution is 0.606. The van der Waals surface area contributed by atoms with Crippen molar-refractivity contribution < 1.29 is 8.42 Å². The van der Waals surface area contributed by atoms with E-state index in [0.29, 0.717) is 5.41 Å². The van der Waals surface area contributed by atoms with Crippen molar-refractivity contribution in [2.24, 2.45) is 10.9 Å². The molecule has 0 aromatic heterocycles. The van der Waals surface area contributed by atoms with Gasteiger partial charge in [0.2, 0.25) is 10.0 Å². The van der Waals surface area contributed by atoms with Gasteiger partial charge in [0.15, 0.2) is 0 Å². The molecule has 52 valence electrons. The average molecular weight is 149 g/mol. The molecule has 0 saturated heterocycles. The Hall–Kier alpha value is -0.880. The van der Waals surface area contributed by atoms with Crippen molar-refractivity contribution in [3.63, 3.8) is 0 Å². The maximum atomic E-state index is 10.1. The minimum atomic E-state index is -3.62. The van der Waals surface area contributed by atoms with Crippen LogP contribution in [-0.4, -0.2) is 14.3 Å². The molecule has 0 atom stereocenters. The first-order valence-electron chi connectivity index (χ1n) is 1.97. The van der Waals surface area contributed by atoms with Gasteiger partial charge in [-0.2, -0.15) is 0 Å². The molecule has 0 fully saturated rings. The lowest BCUT2D eigenvalue weighted by Crippen LogP contribution is -2.10. The van der Waals surface area contributed by atoms with E-state index in [1.165, 1.54) is 0 Å². The lowest BCUT2D eigenvalue weighted by Gasteiger charge is -1.83. The summed E-state index contributed by atoms with van der Waals surface area (Å²) in [7, 11) is -3.62. The zero-order valence-corrected chi connectivity index (χ0v) is 5.35. The third-order valence-corrected chi connectivity index (χ3v) is 0.953. The van der Waals surface area contributed by atoms with Crippen LogP contribution in [0.5, 0.6) is 0 Å². The van der Waals surface area contributed by atoms with E-state index in [0.717, 1.165) is 6.08 Å². The Morgan fingerprint density at radius 2 is 2.00 bits per heavy atom. The van der Waals surface area contributed by atoms with Gasteiger partial charge >= 0.3 is 0 Å². The lowest BCUT2D eigenvalue weighted by atomic mass is 10.6. The SMILES string of the molecule is N=C(N)C=CS(N)(=O)=O. The Balaban J connectivity index is 4.21. The number of amidine groups is 1. The fraction of sp³-hybridized carbons (Fsp3) is 0. The first-order chi connectivity index (χ1) is 3.92. The Labute approximate surface area is 52.9 Å². The van der Waals surface area contributed by atoms with Gasteiger partial charge < -0.3 is 5.73 Å². The third-order valence-electron chi connectivity index (χ3n) is 0.437. The van der Waals surface area contributed by atoms with Crippen molar-refractivity contribution in [3.8, 4) is 0 Å². The maximum absolute atomic E-state index is 10.1. The fourth-order valence-electron chi connectivity index (χ4n) is 0.168. The Bertz CT molecular complexity index is 227. The van der Waals surface area contributed by atoms with Gasteiger partial charge in [-0.15, -0.1) is 0 Å². The number of hydrogen-bond donors (Lipinski definition) is 3. The van der Waals surface area contributed by atoms with Crippen molar-refractivity contribution >= 4 is 15.9 Å².